The van der Waals surface area contributed by atoms with Gasteiger partial charge in [-0.1, -0.05) is 30.3 Å². The molecular formula is C19H22N2OS. The van der Waals surface area contributed by atoms with Crippen LogP contribution in [0.4, 0.5) is 0 Å². The van der Waals surface area contributed by atoms with E-state index in [4.69, 9.17) is 0 Å². The summed E-state index contributed by atoms with van der Waals surface area (Å²) >= 11 is 1.80. The first kappa shape index (κ1) is 16.0. The van der Waals surface area contributed by atoms with Crippen molar-refractivity contribution in [2.45, 2.75) is 19.4 Å². The van der Waals surface area contributed by atoms with E-state index in [-0.39, 0.29) is 11.9 Å². The second-order valence-corrected chi connectivity index (χ2v) is 6.82. The van der Waals surface area contributed by atoms with Crippen molar-refractivity contribution in [2.75, 3.05) is 19.6 Å². The van der Waals surface area contributed by atoms with Crippen molar-refractivity contribution < 1.29 is 4.79 Å². The van der Waals surface area contributed by atoms with Crippen molar-refractivity contribution in [3.63, 3.8) is 0 Å². The van der Waals surface area contributed by atoms with Crippen molar-refractivity contribution in [1.29, 1.82) is 0 Å². The molecule has 1 N–H and O–H groups in total. The molecule has 1 aliphatic rings. The van der Waals surface area contributed by atoms with Gasteiger partial charge in [0.25, 0.3) is 0 Å². The van der Waals surface area contributed by atoms with Crippen LogP contribution in [0.2, 0.25) is 0 Å². The first-order chi connectivity index (χ1) is 11.2. The number of thiophene rings is 1. The van der Waals surface area contributed by atoms with Gasteiger partial charge in [-0.15, -0.1) is 17.9 Å². The maximum atomic E-state index is 12.7. The fourth-order valence-corrected chi connectivity index (χ4v) is 4.10. The maximum Gasteiger partial charge on any atom is 0.237 e. The Bertz CT molecular complexity index is 707. The molecule has 0 fully saturated rings. The summed E-state index contributed by atoms with van der Waals surface area (Å²) in [7, 11) is 0. The molecule has 2 heterocycles. The van der Waals surface area contributed by atoms with Gasteiger partial charge in [-0.05, 0) is 41.5 Å². The van der Waals surface area contributed by atoms with Gasteiger partial charge in [0.2, 0.25) is 5.91 Å². The topological polar surface area (TPSA) is 32.3 Å². The molecule has 1 aliphatic heterocycles. The van der Waals surface area contributed by atoms with Crippen LogP contribution in [0, 0.1) is 6.92 Å². The Morgan fingerprint density at radius 1 is 1.39 bits per heavy atom. The predicted octanol–water partition coefficient (Wildman–Crippen LogP) is 3.31. The fourth-order valence-electron chi connectivity index (χ4n) is 3.20. The summed E-state index contributed by atoms with van der Waals surface area (Å²) in [5.74, 6) is 0.150. The quantitative estimate of drug-likeness (QED) is 0.675. The number of hydrogen-bond acceptors (Lipinski definition) is 3. The minimum Gasteiger partial charge on any atom is -0.330 e. The Morgan fingerprint density at radius 3 is 3.00 bits per heavy atom. The molecule has 0 radical (unpaired) electrons. The third kappa shape index (κ3) is 3.23. The number of amides is 1. The second-order valence-electron chi connectivity index (χ2n) is 5.81. The lowest BCUT2D eigenvalue weighted by atomic mass is 9.90. The second kappa shape index (κ2) is 7.11. The van der Waals surface area contributed by atoms with Crippen molar-refractivity contribution in [3.8, 4) is 0 Å². The molecule has 1 aromatic heterocycles. The van der Waals surface area contributed by atoms with Crippen LogP contribution in [0.3, 0.4) is 0 Å². The third-order valence-electron chi connectivity index (χ3n) is 4.33. The summed E-state index contributed by atoms with van der Waals surface area (Å²) in [5, 5.41) is 5.27. The number of nitrogens with one attached hydrogen (secondary N) is 1. The molecule has 2 aromatic rings. The first-order valence-electron chi connectivity index (χ1n) is 7.95. The minimum absolute atomic E-state index is 0.0317. The molecule has 0 saturated carbocycles. The Hall–Kier alpha value is -1.91. The summed E-state index contributed by atoms with van der Waals surface area (Å²) < 4.78 is 0. The number of benzene rings is 1. The highest BCUT2D eigenvalue weighted by atomic mass is 32.1. The molecule has 23 heavy (non-hydrogen) atoms. The highest BCUT2D eigenvalue weighted by Crippen LogP contribution is 2.38. The largest absolute Gasteiger partial charge is 0.330 e. The number of nitrogens with zero attached hydrogens (tertiary/aromatic N) is 1. The number of rotatable bonds is 5. The number of carbonyl (C=O) groups is 1. The maximum absolute atomic E-state index is 12.7. The van der Waals surface area contributed by atoms with Crippen molar-refractivity contribution in [2.24, 2.45) is 0 Å². The van der Waals surface area contributed by atoms with E-state index in [1.165, 1.54) is 21.6 Å². The van der Waals surface area contributed by atoms with Gasteiger partial charge in [0.05, 0.1) is 12.6 Å². The minimum atomic E-state index is 0.0317. The summed E-state index contributed by atoms with van der Waals surface area (Å²) in [4.78, 5) is 16.2. The van der Waals surface area contributed by atoms with E-state index in [9.17, 15) is 4.79 Å². The van der Waals surface area contributed by atoms with Crippen LogP contribution in [-0.2, 0) is 11.2 Å². The van der Waals surface area contributed by atoms with E-state index in [2.05, 4.69) is 48.5 Å². The van der Waals surface area contributed by atoms with Crippen molar-refractivity contribution >= 4 is 17.2 Å². The highest BCUT2D eigenvalue weighted by molar-refractivity contribution is 7.10. The average molecular weight is 326 g/mol. The third-order valence-corrected chi connectivity index (χ3v) is 5.33. The molecule has 0 saturated heterocycles. The van der Waals surface area contributed by atoms with Gasteiger partial charge in [0.1, 0.15) is 0 Å². The predicted molar refractivity (Wildman–Crippen MR) is 95.8 cm³/mol. The van der Waals surface area contributed by atoms with Crippen LogP contribution in [0.25, 0.3) is 0 Å². The average Bonchev–Trinajstić information content (AvgIpc) is 3.03. The Kier molecular flexibility index (Phi) is 4.94. The molecule has 0 bridgehead atoms. The van der Waals surface area contributed by atoms with Crippen LogP contribution in [0.5, 0.6) is 0 Å². The molecule has 1 aromatic carbocycles. The van der Waals surface area contributed by atoms with Crippen LogP contribution in [0.1, 0.15) is 27.6 Å². The SMILES string of the molecule is C=CCNCC(=O)N1CCc2sccc2C1c1ccccc1C. The zero-order chi connectivity index (χ0) is 16.2. The van der Waals surface area contributed by atoms with Gasteiger partial charge in [-0.2, -0.15) is 0 Å². The lowest BCUT2D eigenvalue weighted by molar-refractivity contribution is -0.132. The monoisotopic (exact) mass is 326 g/mol. The molecule has 3 rings (SSSR count). The number of fused-ring (bicyclic) bond motifs is 1. The van der Waals surface area contributed by atoms with Gasteiger partial charge in [0, 0.05) is 18.0 Å². The van der Waals surface area contributed by atoms with Crippen LogP contribution in [-0.4, -0.2) is 30.4 Å². The lowest BCUT2D eigenvalue weighted by Crippen LogP contribution is -2.44. The summed E-state index contributed by atoms with van der Waals surface area (Å²) in [6.45, 7) is 7.59. The Labute approximate surface area is 141 Å². The highest BCUT2D eigenvalue weighted by Gasteiger charge is 2.33. The molecule has 1 atom stereocenters. The molecule has 1 unspecified atom stereocenters. The van der Waals surface area contributed by atoms with E-state index in [1.807, 2.05) is 11.0 Å². The number of aryl methyl sites for hydroxylation is 1. The molecule has 4 heteroatoms. The molecule has 0 aliphatic carbocycles. The van der Waals surface area contributed by atoms with E-state index >= 15 is 0 Å². The zero-order valence-electron chi connectivity index (χ0n) is 13.4. The van der Waals surface area contributed by atoms with Gasteiger partial charge in [-0.25, -0.2) is 0 Å². The summed E-state index contributed by atoms with van der Waals surface area (Å²) in [6, 6.07) is 10.6. The summed E-state index contributed by atoms with van der Waals surface area (Å²) in [5.41, 5.74) is 3.74. The Balaban J connectivity index is 1.94. The standard InChI is InChI=1S/C19H22N2OS/c1-3-10-20-13-18(22)21-11-8-17-16(9-12-23-17)19(21)15-7-5-4-6-14(15)2/h3-7,9,12,19-20H,1,8,10-11,13H2,2H3. The normalized spacial score (nSPS) is 16.9. The van der Waals surface area contributed by atoms with Crippen molar-refractivity contribution in [3.05, 3.63) is 69.9 Å². The van der Waals surface area contributed by atoms with E-state index in [0.717, 1.165) is 13.0 Å². The molecule has 120 valence electrons. The van der Waals surface area contributed by atoms with Crippen LogP contribution >= 0.6 is 11.3 Å². The van der Waals surface area contributed by atoms with Gasteiger partial charge < -0.3 is 10.2 Å². The van der Waals surface area contributed by atoms with E-state index in [0.29, 0.717) is 13.1 Å². The van der Waals surface area contributed by atoms with Gasteiger partial charge in [-0.3, -0.25) is 4.79 Å². The smallest absolute Gasteiger partial charge is 0.237 e. The van der Waals surface area contributed by atoms with Gasteiger partial charge in [0.15, 0.2) is 0 Å². The van der Waals surface area contributed by atoms with E-state index < -0.39 is 0 Å². The van der Waals surface area contributed by atoms with Crippen LogP contribution in [0.15, 0.2) is 48.4 Å². The van der Waals surface area contributed by atoms with E-state index in [1.54, 1.807) is 17.4 Å². The molecular weight excluding hydrogens is 304 g/mol. The van der Waals surface area contributed by atoms with Crippen molar-refractivity contribution in [1.82, 2.24) is 10.2 Å². The zero-order valence-corrected chi connectivity index (χ0v) is 14.2. The molecule has 0 spiro atoms. The van der Waals surface area contributed by atoms with Crippen LogP contribution < -0.4 is 5.32 Å². The lowest BCUT2D eigenvalue weighted by Gasteiger charge is -2.37. The Morgan fingerprint density at radius 2 is 2.22 bits per heavy atom. The first-order valence-corrected chi connectivity index (χ1v) is 8.83. The number of carbonyl (C=O) groups excluding carboxylic acids is 1. The molecule has 3 nitrogen and oxygen atoms in total. The fraction of sp³-hybridized carbons (Fsp3) is 0.316. The number of hydrogen-bond donors (Lipinski definition) is 1. The molecule has 1 amide bonds. The summed E-state index contributed by atoms with van der Waals surface area (Å²) in [6.07, 6.45) is 2.72. The van der Waals surface area contributed by atoms with Gasteiger partial charge >= 0.3 is 0 Å².